The van der Waals surface area contributed by atoms with Crippen molar-refractivity contribution in [1.82, 2.24) is 10.3 Å². The second-order valence-corrected chi connectivity index (χ2v) is 7.24. The zero-order valence-electron chi connectivity index (χ0n) is 14.2. The molecular formula is C18H31N3. The number of hydrogen-bond donors (Lipinski definition) is 1. The molecule has 0 aliphatic carbocycles. The van der Waals surface area contributed by atoms with E-state index in [1.165, 1.54) is 49.9 Å². The van der Waals surface area contributed by atoms with Gasteiger partial charge in [-0.15, -0.1) is 0 Å². The van der Waals surface area contributed by atoms with E-state index in [2.05, 4.69) is 49.0 Å². The first kappa shape index (κ1) is 16.3. The average molecular weight is 289 g/mol. The van der Waals surface area contributed by atoms with Gasteiger partial charge in [-0.25, -0.2) is 0 Å². The minimum absolute atomic E-state index is 0.137. The molecule has 1 N–H and O–H groups in total. The van der Waals surface area contributed by atoms with Gasteiger partial charge in [0.15, 0.2) is 0 Å². The molecule has 0 aromatic carbocycles. The molecule has 2 rings (SSSR count). The maximum absolute atomic E-state index is 4.35. The predicted molar refractivity (Wildman–Crippen MR) is 90.7 cm³/mol. The molecular weight excluding hydrogens is 258 g/mol. The molecule has 118 valence electrons. The summed E-state index contributed by atoms with van der Waals surface area (Å²) in [5.41, 5.74) is 2.85. The summed E-state index contributed by atoms with van der Waals surface area (Å²) < 4.78 is 0. The number of hydrogen-bond acceptors (Lipinski definition) is 3. The van der Waals surface area contributed by atoms with Crippen LogP contribution in [0.3, 0.4) is 0 Å². The van der Waals surface area contributed by atoms with Crippen molar-refractivity contribution in [3.05, 3.63) is 24.0 Å². The first-order valence-electron chi connectivity index (χ1n) is 8.46. The van der Waals surface area contributed by atoms with Crippen LogP contribution in [0.25, 0.3) is 0 Å². The van der Waals surface area contributed by atoms with E-state index in [0.29, 0.717) is 6.04 Å². The summed E-state index contributed by atoms with van der Waals surface area (Å²) >= 11 is 0. The second-order valence-electron chi connectivity index (χ2n) is 7.24. The van der Waals surface area contributed by atoms with Crippen LogP contribution in [-0.2, 0) is 6.54 Å². The lowest BCUT2D eigenvalue weighted by Gasteiger charge is -2.39. The van der Waals surface area contributed by atoms with Crippen LogP contribution in [0.5, 0.6) is 0 Å². The van der Waals surface area contributed by atoms with E-state index in [9.17, 15) is 0 Å². The summed E-state index contributed by atoms with van der Waals surface area (Å²) in [6, 6.07) is 2.91. The van der Waals surface area contributed by atoms with E-state index >= 15 is 0 Å². The topological polar surface area (TPSA) is 28.2 Å². The van der Waals surface area contributed by atoms with Gasteiger partial charge in [0.1, 0.15) is 0 Å². The fraction of sp³-hybridized carbons (Fsp3) is 0.722. The Kier molecular flexibility index (Phi) is 5.63. The molecule has 21 heavy (non-hydrogen) atoms. The highest BCUT2D eigenvalue weighted by molar-refractivity contribution is 5.53. The molecule has 0 bridgehead atoms. The van der Waals surface area contributed by atoms with Crippen LogP contribution in [0, 0.1) is 0 Å². The molecule has 1 unspecified atom stereocenters. The average Bonchev–Trinajstić information content (AvgIpc) is 2.46. The maximum Gasteiger partial charge on any atom is 0.0445 e. The highest BCUT2D eigenvalue weighted by atomic mass is 15.2. The molecule has 2 heterocycles. The van der Waals surface area contributed by atoms with Gasteiger partial charge in [-0.1, -0.05) is 13.3 Å². The molecule has 1 atom stereocenters. The molecule has 0 amide bonds. The standard InChI is InChI=1S/C18H31N3/c1-5-8-16-9-6-7-12-21(16)17-10-11-19-13-15(17)14-20-18(2,3)4/h10-11,13,16,20H,5-9,12,14H2,1-4H3. The van der Waals surface area contributed by atoms with Crippen LogP contribution in [0.1, 0.15) is 65.4 Å². The number of pyridine rings is 1. The number of piperidine rings is 1. The Morgan fingerprint density at radius 1 is 1.33 bits per heavy atom. The van der Waals surface area contributed by atoms with Crippen molar-refractivity contribution < 1.29 is 0 Å². The summed E-state index contributed by atoms with van der Waals surface area (Å²) in [5.74, 6) is 0. The first-order chi connectivity index (χ1) is 10.0. The Balaban J connectivity index is 2.17. The summed E-state index contributed by atoms with van der Waals surface area (Å²) in [6.07, 6.45) is 10.6. The van der Waals surface area contributed by atoms with Gasteiger partial charge >= 0.3 is 0 Å². The molecule has 1 aliphatic heterocycles. The van der Waals surface area contributed by atoms with Gasteiger partial charge in [0.2, 0.25) is 0 Å². The number of rotatable bonds is 5. The Morgan fingerprint density at radius 3 is 2.86 bits per heavy atom. The molecule has 0 spiro atoms. The van der Waals surface area contributed by atoms with E-state index in [1.807, 2.05) is 12.4 Å². The third-order valence-electron chi connectivity index (χ3n) is 4.25. The molecule has 1 aromatic rings. The normalized spacial score (nSPS) is 19.8. The van der Waals surface area contributed by atoms with Gasteiger partial charge in [0.05, 0.1) is 0 Å². The van der Waals surface area contributed by atoms with Crippen LogP contribution in [0.2, 0.25) is 0 Å². The largest absolute Gasteiger partial charge is 0.368 e. The van der Waals surface area contributed by atoms with E-state index < -0.39 is 0 Å². The van der Waals surface area contributed by atoms with E-state index in [1.54, 1.807) is 0 Å². The molecule has 1 aromatic heterocycles. The highest BCUT2D eigenvalue weighted by Crippen LogP contribution is 2.29. The molecule has 3 heteroatoms. The smallest absolute Gasteiger partial charge is 0.0445 e. The summed E-state index contributed by atoms with van der Waals surface area (Å²) in [5, 5.41) is 3.60. The number of aromatic nitrogens is 1. The molecule has 1 saturated heterocycles. The Hall–Kier alpha value is -1.09. The Bertz CT molecular complexity index is 434. The van der Waals surface area contributed by atoms with Crippen LogP contribution in [0.4, 0.5) is 5.69 Å². The van der Waals surface area contributed by atoms with Gasteiger partial charge in [-0.3, -0.25) is 4.98 Å². The van der Waals surface area contributed by atoms with Crippen LogP contribution in [-0.4, -0.2) is 23.1 Å². The van der Waals surface area contributed by atoms with Crippen molar-refractivity contribution >= 4 is 5.69 Å². The summed E-state index contributed by atoms with van der Waals surface area (Å²) in [7, 11) is 0. The fourth-order valence-corrected chi connectivity index (χ4v) is 3.15. The monoisotopic (exact) mass is 289 g/mol. The molecule has 0 saturated carbocycles. The summed E-state index contributed by atoms with van der Waals surface area (Å²) in [6.45, 7) is 11.0. The number of anilines is 1. The zero-order chi connectivity index (χ0) is 15.3. The molecule has 1 fully saturated rings. The van der Waals surface area contributed by atoms with Crippen LogP contribution >= 0.6 is 0 Å². The van der Waals surface area contributed by atoms with Gasteiger partial charge in [-0.05, 0) is 52.5 Å². The lowest BCUT2D eigenvalue weighted by atomic mass is 9.96. The Labute approximate surface area is 130 Å². The molecule has 3 nitrogen and oxygen atoms in total. The van der Waals surface area contributed by atoms with Crippen molar-refractivity contribution in [1.29, 1.82) is 0 Å². The first-order valence-corrected chi connectivity index (χ1v) is 8.46. The lowest BCUT2D eigenvalue weighted by Crippen LogP contribution is -2.41. The number of nitrogens with zero attached hydrogens (tertiary/aromatic N) is 2. The lowest BCUT2D eigenvalue weighted by molar-refractivity contribution is 0.417. The van der Waals surface area contributed by atoms with E-state index in [-0.39, 0.29) is 5.54 Å². The molecule has 0 radical (unpaired) electrons. The minimum atomic E-state index is 0.137. The minimum Gasteiger partial charge on any atom is -0.368 e. The van der Waals surface area contributed by atoms with Crippen molar-refractivity contribution in [3.63, 3.8) is 0 Å². The SMILES string of the molecule is CCCC1CCCCN1c1ccncc1CNC(C)(C)C. The van der Waals surface area contributed by atoms with Crippen LogP contribution in [0.15, 0.2) is 18.5 Å². The van der Waals surface area contributed by atoms with Crippen molar-refractivity contribution in [2.45, 2.75) is 77.9 Å². The van der Waals surface area contributed by atoms with Gasteiger partial charge in [0.25, 0.3) is 0 Å². The van der Waals surface area contributed by atoms with E-state index in [0.717, 1.165) is 6.54 Å². The quantitative estimate of drug-likeness (QED) is 0.883. The number of nitrogens with one attached hydrogen (secondary N) is 1. The van der Waals surface area contributed by atoms with E-state index in [4.69, 9.17) is 0 Å². The predicted octanol–water partition coefficient (Wildman–Crippen LogP) is 4.13. The van der Waals surface area contributed by atoms with Gasteiger partial charge in [-0.2, -0.15) is 0 Å². The molecule has 1 aliphatic rings. The fourth-order valence-electron chi connectivity index (χ4n) is 3.15. The third kappa shape index (κ3) is 4.70. The van der Waals surface area contributed by atoms with Crippen molar-refractivity contribution in [2.24, 2.45) is 0 Å². The van der Waals surface area contributed by atoms with Crippen LogP contribution < -0.4 is 10.2 Å². The maximum atomic E-state index is 4.35. The second kappa shape index (κ2) is 7.26. The summed E-state index contributed by atoms with van der Waals surface area (Å²) in [4.78, 5) is 6.98. The van der Waals surface area contributed by atoms with Gasteiger partial charge in [0, 0.05) is 48.3 Å². The zero-order valence-corrected chi connectivity index (χ0v) is 14.2. The van der Waals surface area contributed by atoms with Crippen molar-refractivity contribution in [3.8, 4) is 0 Å². The third-order valence-corrected chi connectivity index (χ3v) is 4.25. The van der Waals surface area contributed by atoms with Crippen molar-refractivity contribution in [2.75, 3.05) is 11.4 Å². The Morgan fingerprint density at radius 2 is 2.14 bits per heavy atom. The van der Waals surface area contributed by atoms with Gasteiger partial charge < -0.3 is 10.2 Å². The highest BCUT2D eigenvalue weighted by Gasteiger charge is 2.24.